The maximum Gasteiger partial charge on any atom is 0.240 e. The third kappa shape index (κ3) is 2.07. The van der Waals surface area contributed by atoms with E-state index in [9.17, 15) is 0 Å². The molecule has 4 N–H and O–H groups in total. The van der Waals surface area contributed by atoms with E-state index in [1.807, 2.05) is 11.4 Å². The van der Waals surface area contributed by atoms with Crippen LogP contribution < -0.4 is 16.6 Å². The Kier molecular flexibility index (Phi) is 3.21. The van der Waals surface area contributed by atoms with Gasteiger partial charge in [-0.05, 0) is 24.8 Å². The standard InChI is InChI=1S/C10H15N5S/c1-3-6(2)12-8-7-4-5-16-9(7)14-10(13-8)15-11/h4-6H,3,11H2,1-2H3,(H2,12,13,14,15). The summed E-state index contributed by atoms with van der Waals surface area (Å²) in [6.07, 6.45) is 1.04. The lowest BCUT2D eigenvalue weighted by atomic mass is 10.2. The summed E-state index contributed by atoms with van der Waals surface area (Å²) in [7, 11) is 0. The van der Waals surface area contributed by atoms with E-state index in [0.717, 1.165) is 22.5 Å². The van der Waals surface area contributed by atoms with Crippen molar-refractivity contribution in [1.82, 2.24) is 9.97 Å². The van der Waals surface area contributed by atoms with Crippen molar-refractivity contribution >= 4 is 33.3 Å². The Morgan fingerprint density at radius 2 is 2.31 bits per heavy atom. The number of nitrogens with one attached hydrogen (secondary N) is 2. The molecule has 0 aliphatic carbocycles. The van der Waals surface area contributed by atoms with Gasteiger partial charge in [0.1, 0.15) is 10.6 Å². The molecule has 2 rings (SSSR count). The Labute approximate surface area is 98.1 Å². The third-order valence-electron chi connectivity index (χ3n) is 2.45. The molecule has 0 aromatic carbocycles. The first-order valence-electron chi connectivity index (χ1n) is 5.23. The summed E-state index contributed by atoms with van der Waals surface area (Å²) in [5, 5.41) is 6.40. The number of nitrogen functional groups attached to an aromatic ring is 1. The predicted octanol–water partition coefficient (Wildman–Crippen LogP) is 2.19. The van der Waals surface area contributed by atoms with Gasteiger partial charge in [-0.15, -0.1) is 11.3 Å². The number of aromatic nitrogens is 2. The minimum Gasteiger partial charge on any atom is -0.367 e. The van der Waals surface area contributed by atoms with Crippen molar-refractivity contribution in [1.29, 1.82) is 0 Å². The van der Waals surface area contributed by atoms with Crippen LogP contribution in [0.2, 0.25) is 0 Å². The summed E-state index contributed by atoms with van der Waals surface area (Å²) >= 11 is 1.58. The highest BCUT2D eigenvalue weighted by Gasteiger charge is 2.09. The quantitative estimate of drug-likeness (QED) is 0.561. The smallest absolute Gasteiger partial charge is 0.240 e. The predicted molar refractivity (Wildman–Crippen MR) is 68.6 cm³/mol. The number of hydrogen-bond acceptors (Lipinski definition) is 6. The van der Waals surface area contributed by atoms with Gasteiger partial charge in [-0.25, -0.2) is 10.8 Å². The molecule has 0 saturated heterocycles. The molecular weight excluding hydrogens is 222 g/mol. The van der Waals surface area contributed by atoms with Crippen LogP contribution in [0, 0.1) is 0 Å². The number of anilines is 2. The van der Waals surface area contributed by atoms with E-state index in [0.29, 0.717) is 12.0 Å². The number of nitrogens with two attached hydrogens (primary N) is 1. The highest BCUT2D eigenvalue weighted by atomic mass is 32.1. The molecule has 0 aliphatic rings. The Bertz CT molecular complexity index is 481. The topological polar surface area (TPSA) is 75.9 Å². The van der Waals surface area contributed by atoms with E-state index >= 15 is 0 Å². The van der Waals surface area contributed by atoms with Gasteiger partial charge in [0.05, 0.1) is 5.39 Å². The summed E-state index contributed by atoms with van der Waals surface area (Å²) in [6, 6.07) is 2.40. The summed E-state index contributed by atoms with van der Waals surface area (Å²) in [5.74, 6) is 6.63. The van der Waals surface area contributed by atoms with Gasteiger partial charge in [0.25, 0.3) is 0 Å². The van der Waals surface area contributed by atoms with Crippen LogP contribution in [0.25, 0.3) is 10.2 Å². The zero-order valence-electron chi connectivity index (χ0n) is 9.32. The van der Waals surface area contributed by atoms with E-state index in [1.54, 1.807) is 11.3 Å². The van der Waals surface area contributed by atoms with Crippen molar-refractivity contribution in [3.05, 3.63) is 11.4 Å². The minimum atomic E-state index is 0.378. The lowest BCUT2D eigenvalue weighted by Gasteiger charge is -2.13. The highest BCUT2D eigenvalue weighted by Crippen LogP contribution is 2.26. The fourth-order valence-electron chi connectivity index (χ4n) is 1.37. The van der Waals surface area contributed by atoms with Gasteiger partial charge < -0.3 is 5.32 Å². The van der Waals surface area contributed by atoms with Crippen molar-refractivity contribution < 1.29 is 0 Å². The molecule has 2 aromatic rings. The fourth-order valence-corrected chi connectivity index (χ4v) is 2.13. The summed E-state index contributed by atoms with van der Waals surface area (Å²) < 4.78 is 0. The van der Waals surface area contributed by atoms with Gasteiger partial charge in [-0.1, -0.05) is 6.92 Å². The number of thiophene rings is 1. The number of rotatable bonds is 4. The van der Waals surface area contributed by atoms with Crippen LogP contribution in [0.5, 0.6) is 0 Å². The molecule has 0 amide bonds. The Morgan fingerprint density at radius 3 is 3.00 bits per heavy atom. The summed E-state index contributed by atoms with van der Waals surface area (Å²) in [4.78, 5) is 9.55. The van der Waals surface area contributed by atoms with Crippen LogP contribution in [-0.4, -0.2) is 16.0 Å². The fraction of sp³-hybridized carbons (Fsp3) is 0.400. The van der Waals surface area contributed by atoms with Crippen LogP contribution in [0.4, 0.5) is 11.8 Å². The average molecular weight is 237 g/mol. The van der Waals surface area contributed by atoms with E-state index in [4.69, 9.17) is 5.84 Å². The lowest BCUT2D eigenvalue weighted by molar-refractivity contribution is 0.760. The van der Waals surface area contributed by atoms with Gasteiger partial charge in [0.2, 0.25) is 5.95 Å². The van der Waals surface area contributed by atoms with E-state index in [2.05, 4.69) is 34.6 Å². The number of fused-ring (bicyclic) bond motifs is 1. The molecule has 0 spiro atoms. The molecule has 1 unspecified atom stereocenters. The molecule has 2 aromatic heterocycles. The van der Waals surface area contributed by atoms with Crippen LogP contribution in [0.15, 0.2) is 11.4 Å². The van der Waals surface area contributed by atoms with E-state index in [-0.39, 0.29) is 0 Å². The normalized spacial score (nSPS) is 12.7. The van der Waals surface area contributed by atoms with Crippen molar-refractivity contribution in [2.75, 3.05) is 10.7 Å². The molecule has 0 fully saturated rings. The van der Waals surface area contributed by atoms with Crippen LogP contribution in [0.1, 0.15) is 20.3 Å². The Morgan fingerprint density at radius 1 is 1.50 bits per heavy atom. The first-order valence-corrected chi connectivity index (χ1v) is 6.11. The Balaban J connectivity index is 2.44. The SMILES string of the molecule is CCC(C)Nc1nc(NN)nc2sccc12. The maximum atomic E-state index is 5.34. The van der Waals surface area contributed by atoms with Crippen LogP contribution in [0.3, 0.4) is 0 Å². The van der Waals surface area contributed by atoms with Crippen LogP contribution in [-0.2, 0) is 0 Å². The molecule has 86 valence electrons. The zero-order valence-corrected chi connectivity index (χ0v) is 10.1. The molecule has 1 atom stereocenters. The lowest BCUT2D eigenvalue weighted by Crippen LogP contribution is -2.17. The monoisotopic (exact) mass is 237 g/mol. The second-order valence-electron chi connectivity index (χ2n) is 3.63. The largest absolute Gasteiger partial charge is 0.367 e. The first-order chi connectivity index (χ1) is 7.74. The molecule has 16 heavy (non-hydrogen) atoms. The van der Waals surface area contributed by atoms with Gasteiger partial charge in [-0.3, -0.25) is 5.43 Å². The van der Waals surface area contributed by atoms with Gasteiger partial charge in [-0.2, -0.15) is 4.98 Å². The Hall–Kier alpha value is -1.40. The second kappa shape index (κ2) is 4.63. The van der Waals surface area contributed by atoms with Crippen molar-refractivity contribution in [3.63, 3.8) is 0 Å². The number of hydrazine groups is 1. The van der Waals surface area contributed by atoms with E-state index < -0.39 is 0 Å². The number of hydrogen-bond donors (Lipinski definition) is 3. The number of nitrogens with zero attached hydrogens (tertiary/aromatic N) is 2. The van der Waals surface area contributed by atoms with Crippen molar-refractivity contribution in [2.45, 2.75) is 26.3 Å². The summed E-state index contributed by atoms with van der Waals surface area (Å²) in [5.41, 5.74) is 2.48. The second-order valence-corrected chi connectivity index (χ2v) is 4.53. The molecular formula is C10H15N5S. The molecule has 0 bridgehead atoms. The third-order valence-corrected chi connectivity index (χ3v) is 3.26. The van der Waals surface area contributed by atoms with Crippen molar-refractivity contribution in [2.24, 2.45) is 5.84 Å². The van der Waals surface area contributed by atoms with Gasteiger partial charge in [0, 0.05) is 6.04 Å². The molecule has 0 saturated carbocycles. The van der Waals surface area contributed by atoms with E-state index in [1.165, 1.54) is 0 Å². The molecule has 5 nitrogen and oxygen atoms in total. The molecule has 0 aliphatic heterocycles. The molecule has 2 heterocycles. The van der Waals surface area contributed by atoms with Crippen molar-refractivity contribution in [3.8, 4) is 0 Å². The summed E-state index contributed by atoms with van der Waals surface area (Å²) in [6.45, 7) is 4.25. The van der Waals surface area contributed by atoms with Crippen LogP contribution >= 0.6 is 11.3 Å². The molecule has 0 radical (unpaired) electrons. The highest BCUT2D eigenvalue weighted by molar-refractivity contribution is 7.16. The average Bonchev–Trinajstić information content (AvgIpc) is 2.76. The van der Waals surface area contributed by atoms with Gasteiger partial charge >= 0.3 is 0 Å². The maximum absolute atomic E-state index is 5.34. The van der Waals surface area contributed by atoms with Gasteiger partial charge in [0.15, 0.2) is 0 Å². The zero-order chi connectivity index (χ0) is 11.5. The molecule has 6 heteroatoms. The first kappa shape index (κ1) is 11.1. The minimum absolute atomic E-state index is 0.378.